The summed E-state index contributed by atoms with van der Waals surface area (Å²) in [7, 11) is -2.20. The number of hydrogen-bond acceptors (Lipinski definition) is 7. The van der Waals surface area contributed by atoms with Gasteiger partial charge in [-0.2, -0.15) is 0 Å². The number of rotatable bonds is 9. The minimum absolute atomic E-state index is 0.0561. The molecule has 1 aromatic rings. The molecule has 3 heterocycles. The second-order valence-corrected chi connectivity index (χ2v) is 10.8. The fraction of sp³-hybridized carbons (Fsp3) is 0.667. The number of nitrogens with zero attached hydrogens (tertiary/aromatic N) is 2. The van der Waals surface area contributed by atoms with E-state index in [1.165, 1.54) is 23.3 Å². The third kappa shape index (κ3) is 5.92. The van der Waals surface area contributed by atoms with E-state index in [-0.39, 0.29) is 24.8 Å². The molecule has 168 valence electrons. The highest BCUT2D eigenvalue weighted by Crippen LogP contribution is 2.22. The first kappa shape index (κ1) is 23.4. The Kier molecular flexibility index (Phi) is 8.11. The molecule has 0 bridgehead atoms. The fourth-order valence-corrected chi connectivity index (χ4v) is 6.04. The largest absolute Gasteiger partial charge is 0.382 e. The number of likely N-dealkylation sites (tertiary alicyclic amines) is 1. The Labute approximate surface area is 185 Å². The number of amides is 2. The maximum absolute atomic E-state index is 12.9. The molecule has 12 heteroatoms. The summed E-state index contributed by atoms with van der Waals surface area (Å²) in [6.07, 6.45) is 0.624. The first-order valence-electron chi connectivity index (χ1n) is 9.71. The second kappa shape index (κ2) is 10.4. The summed E-state index contributed by atoms with van der Waals surface area (Å²) >= 11 is 7.21. The monoisotopic (exact) mass is 479 g/mol. The van der Waals surface area contributed by atoms with Gasteiger partial charge in [0.15, 0.2) is 0 Å². The zero-order valence-corrected chi connectivity index (χ0v) is 19.1. The number of thiophene rings is 1. The highest BCUT2D eigenvalue weighted by Gasteiger charge is 2.41. The highest BCUT2D eigenvalue weighted by molar-refractivity contribution is 7.89. The number of halogens is 1. The van der Waals surface area contributed by atoms with E-state index >= 15 is 0 Å². The quantitative estimate of drug-likeness (QED) is 0.547. The summed E-state index contributed by atoms with van der Waals surface area (Å²) in [6.45, 7) is 2.18. The lowest BCUT2D eigenvalue weighted by molar-refractivity contribution is -0.148. The molecule has 9 nitrogen and oxygen atoms in total. The average Bonchev–Trinajstić information content (AvgIpc) is 3.30. The van der Waals surface area contributed by atoms with Gasteiger partial charge in [0.1, 0.15) is 12.1 Å². The van der Waals surface area contributed by atoms with Gasteiger partial charge in [-0.25, -0.2) is 13.1 Å². The van der Waals surface area contributed by atoms with Crippen LogP contribution in [-0.4, -0.2) is 94.4 Å². The van der Waals surface area contributed by atoms with E-state index in [9.17, 15) is 18.0 Å². The topological polar surface area (TPSA) is 105 Å². The molecule has 0 spiro atoms. The molecular weight excluding hydrogens is 454 g/mol. The third-order valence-corrected chi connectivity index (χ3v) is 7.79. The van der Waals surface area contributed by atoms with Crippen LogP contribution in [0.4, 0.5) is 0 Å². The van der Waals surface area contributed by atoms with Gasteiger partial charge in [-0.3, -0.25) is 9.59 Å². The number of sulfonamides is 1. The van der Waals surface area contributed by atoms with Crippen LogP contribution in [0.15, 0.2) is 12.1 Å². The Morgan fingerprint density at radius 1 is 1.37 bits per heavy atom. The van der Waals surface area contributed by atoms with Crippen LogP contribution in [0.5, 0.6) is 0 Å². The fourth-order valence-electron chi connectivity index (χ4n) is 3.56. The van der Waals surface area contributed by atoms with Crippen LogP contribution in [0.1, 0.15) is 11.3 Å². The molecule has 2 unspecified atom stereocenters. The summed E-state index contributed by atoms with van der Waals surface area (Å²) in [5.74, 6) is -0.741. The van der Waals surface area contributed by atoms with E-state index < -0.39 is 28.0 Å². The van der Waals surface area contributed by atoms with Crippen LogP contribution < -0.4 is 4.72 Å². The predicted molar refractivity (Wildman–Crippen MR) is 113 cm³/mol. The van der Waals surface area contributed by atoms with E-state index in [0.29, 0.717) is 43.5 Å². The minimum Gasteiger partial charge on any atom is -0.382 e. The smallest absolute Gasteiger partial charge is 0.247 e. The Morgan fingerprint density at radius 2 is 2.10 bits per heavy atom. The predicted octanol–water partition coefficient (Wildman–Crippen LogP) is 0.338. The molecule has 2 fully saturated rings. The molecule has 2 aliphatic rings. The molecule has 1 aromatic heterocycles. The number of methoxy groups -OCH3 is 1. The summed E-state index contributed by atoms with van der Waals surface area (Å²) in [4.78, 5) is 29.8. The molecule has 2 amide bonds. The van der Waals surface area contributed by atoms with Crippen molar-refractivity contribution in [3.05, 3.63) is 21.3 Å². The number of ether oxygens (including phenoxy) is 2. The molecule has 2 atom stereocenters. The van der Waals surface area contributed by atoms with Crippen molar-refractivity contribution in [3.63, 3.8) is 0 Å². The number of morpholine rings is 1. The van der Waals surface area contributed by atoms with Crippen molar-refractivity contribution in [2.24, 2.45) is 0 Å². The Hall–Kier alpha value is -1.24. The third-order valence-electron chi connectivity index (χ3n) is 5.12. The second-order valence-electron chi connectivity index (χ2n) is 7.17. The van der Waals surface area contributed by atoms with Gasteiger partial charge in [-0.1, -0.05) is 11.6 Å². The van der Waals surface area contributed by atoms with Gasteiger partial charge in [0.05, 0.1) is 29.9 Å². The van der Waals surface area contributed by atoms with E-state index in [0.717, 1.165) is 4.88 Å². The summed E-state index contributed by atoms with van der Waals surface area (Å²) < 4.78 is 38.5. The van der Waals surface area contributed by atoms with Gasteiger partial charge in [0, 0.05) is 31.6 Å². The van der Waals surface area contributed by atoms with E-state index in [1.54, 1.807) is 17.0 Å². The van der Waals surface area contributed by atoms with Crippen LogP contribution in [-0.2, 0) is 35.5 Å². The van der Waals surface area contributed by atoms with Crippen LogP contribution in [0.2, 0.25) is 4.34 Å². The van der Waals surface area contributed by atoms with E-state index in [1.807, 2.05) is 0 Å². The molecule has 30 heavy (non-hydrogen) atoms. The molecular formula is C18H26ClN3O6S2. The Bertz CT molecular complexity index is 856. The van der Waals surface area contributed by atoms with Gasteiger partial charge in [-0.05, 0) is 25.0 Å². The van der Waals surface area contributed by atoms with Crippen LogP contribution in [0, 0.1) is 0 Å². The number of nitrogens with one attached hydrogen (secondary N) is 1. The van der Waals surface area contributed by atoms with Crippen LogP contribution in [0.3, 0.4) is 0 Å². The summed E-state index contributed by atoms with van der Waals surface area (Å²) in [5.41, 5.74) is 0. The molecule has 3 rings (SSSR count). The first-order valence-corrected chi connectivity index (χ1v) is 12.6. The molecule has 0 aliphatic carbocycles. The number of carbonyl (C=O) groups is 2. The number of hydrogen-bond donors (Lipinski definition) is 1. The first-order chi connectivity index (χ1) is 14.3. The van der Waals surface area contributed by atoms with Gasteiger partial charge in [0.25, 0.3) is 0 Å². The van der Waals surface area contributed by atoms with Gasteiger partial charge in [-0.15, -0.1) is 11.3 Å². The minimum atomic E-state index is -3.67. The van der Waals surface area contributed by atoms with Gasteiger partial charge in [0.2, 0.25) is 21.8 Å². The Morgan fingerprint density at radius 3 is 2.73 bits per heavy atom. The zero-order valence-electron chi connectivity index (χ0n) is 16.7. The molecule has 0 radical (unpaired) electrons. The van der Waals surface area contributed by atoms with Crippen LogP contribution >= 0.6 is 22.9 Å². The lowest BCUT2D eigenvalue weighted by atomic mass is 10.2. The van der Waals surface area contributed by atoms with Crippen molar-refractivity contribution < 1.29 is 27.5 Å². The van der Waals surface area contributed by atoms with Crippen molar-refractivity contribution in [2.75, 3.05) is 52.3 Å². The number of carbonyl (C=O) groups excluding carboxylic acids is 2. The molecule has 0 aromatic carbocycles. The SMILES string of the molecule is COCC(C(=O)N1CCOCC1)N1CCC(NS(=O)(=O)CCc2ccc(Cl)s2)C1=O. The summed E-state index contributed by atoms with van der Waals surface area (Å²) in [6, 6.07) is 1.86. The molecule has 2 aliphatic heterocycles. The van der Waals surface area contributed by atoms with Crippen LogP contribution in [0.25, 0.3) is 0 Å². The zero-order chi connectivity index (χ0) is 21.7. The van der Waals surface area contributed by atoms with Gasteiger partial charge < -0.3 is 19.3 Å². The van der Waals surface area contributed by atoms with Crippen molar-refractivity contribution in [2.45, 2.75) is 24.9 Å². The van der Waals surface area contributed by atoms with Crippen molar-refractivity contribution in [1.29, 1.82) is 0 Å². The Balaban J connectivity index is 1.60. The number of aryl methyl sites for hydroxylation is 1. The molecule has 0 saturated carbocycles. The highest BCUT2D eigenvalue weighted by atomic mass is 35.5. The summed E-state index contributed by atoms with van der Waals surface area (Å²) in [5, 5.41) is 0. The normalized spacial score (nSPS) is 21.3. The average molecular weight is 480 g/mol. The molecule has 2 saturated heterocycles. The lowest BCUT2D eigenvalue weighted by Gasteiger charge is -2.34. The lowest BCUT2D eigenvalue weighted by Crippen LogP contribution is -2.55. The molecule has 1 N–H and O–H groups in total. The van der Waals surface area contributed by atoms with Crippen molar-refractivity contribution >= 4 is 44.8 Å². The van der Waals surface area contributed by atoms with Crippen molar-refractivity contribution in [1.82, 2.24) is 14.5 Å². The maximum Gasteiger partial charge on any atom is 0.247 e. The van der Waals surface area contributed by atoms with E-state index in [2.05, 4.69) is 4.72 Å². The standard InChI is InChI=1S/C18H26ClN3O6S2/c1-27-12-15(18(24)21-7-9-28-10-8-21)22-6-4-14(17(22)23)20-30(25,26)11-5-13-2-3-16(19)29-13/h2-3,14-15,20H,4-12H2,1H3. The van der Waals surface area contributed by atoms with E-state index in [4.69, 9.17) is 21.1 Å². The van der Waals surface area contributed by atoms with Gasteiger partial charge >= 0.3 is 0 Å². The maximum atomic E-state index is 12.9. The van der Waals surface area contributed by atoms with Crippen molar-refractivity contribution in [3.8, 4) is 0 Å².